The Morgan fingerprint density at radius 2 is 2.07 bits per heavy atom. The van der Waals surface area contributed by atoms with E-state index >= 15 is 0 Å². The van der Waals surface area contributed by atoms with Crippen molar-refractivity contribution in [1.82, 2.24) is 19.6 Å². The van der Waals surface area contributed by atoms with Crippen LogP contribution in [0, 0.1) is 0 Å². The van der Waals surface area contributed by atoms with Gasteiger partial charge in [0.15, 0.2) is 0 Å². The molecular weight excluding hydrogens is 388 g/mol. The first kappa shape index (κ1) is 22.6. The van der Waals surface area contributed by atoms with E-state index in [1.54, 1.807) is 27.7 Å². The summed E-state index contributed by atoms with van der Waals surface area (Å²) in [4.78, 5) is 29.4. The zero-order valence-electron chi connectivity index (χ0n) is 18.6. The maximum Gasteiger partial charge on any atom is 0.410 e. The van der Waals surface area contributed by atoms with Crippen LogP contribution in [0.25, 0.3) is 0 Å². The van der Waals surface area contributed by atoms with Crippen molar-refractivity contribution in [3.8, 4) is 0 Å². The molecule has 0 spiro atoms. The number of morpholine rings is 1. The first-order chi connectivity index (χ1) is 14.1. The molecule has 0 aliphatic carbocycles. The highest BCUT2D eigenvalue weighted by atomic mass is 16.6. The smallest absolute Gasteiger partial charge is 0.410 e. The first-order valence-electron chi connectivity index (χ1n) is 10.6. The molecule has 0 aromatic carbocycles. The minimum atomic E-state index is -0.550. The number of hydrogen-bond acceptors (Lipinski definition) is 6. The Morgan fingerprint density at radius 1 is 1.33 bits per heavy atom. The van der Waals surface area contributed by atoms with Crippen molar-refractivity contribution in [3.63, 3.8) is 0 Å². The number of ether oxygens (including phenoxy) is 2. The van der Waals surface area contributed by atoms with Gasteiger partial charge in [0, 0.05) is 38.8 Å². The second-order valence-corrected chi connectivity index (χ2v) is 9.31. The van der Waals surface area contributed by atoms with Gasteiger partial charge in [-0.3, -0.25) is 9.48 Å². The Labute approximate surface area is 177 Å². The highest BCUT2D eigenvalue weighted by Crippen LogP contribution is 2.30. The highest BCUT2D eigenvalue weighted by molar-refractivity contribution is 5.95. The molecule has 168 valence electrons. The standard InChI is InChI=1S/C21H34N4O5/c1-14-13-29-16(12-26)10-25(14)19(27)17-11-23(5)22-18(17)15-7-6-8-24(9-15)20(28)30-21(2,3)4/h11,14-16,26H,6-10,12-13H2,1-5H3/t14-,15-,16+/m1/s1. The van der Waals surface area contributed by atoms with E-state index in [9.17, 15) is 14.7 Å². The number of piperidine rings is 1. The number of amides is 2. The summed E-state index contributed by atoms with van der Waals surface area (Å²) in [5, 5.41) is 14.0. The molecule has 2 fully saturated rings. The van der Waals surface area contributed by atoms with Crippen molar-refractivity contribution in [2.24, 2.45) is 7.05 Å². The quantitative estimate of drug-likeness (QED) is 0.797. The van der Waals surface area contributed by atoms with E-state index < -0.39 is 5.60 Å². The van der Waals surface area contributed by atoms with Crippen LogP contribution in [0.2, 0.25) is 0 Å². The molecule has 1 N–H and O–H groups in total. The van der Waals surface area contributed by atoms with Gasteiger partial charge in [-0.15, -0.1) is 0 Å². The number of aliphatic hydroxyl groups is 1. The molecule has 9 heteroatoms. The molecule has 1 aromatic heterocycles. The van der Waals surface area contributed by atoms with E-state index in [2.05, 4.69) is 5.10 Å². The number of hydrogen-bond donors (Lipinski definition) is 1. The molecule has 0 unspecified atom stereocenters. The Kier molecular flexibility index (Phi) is 6.71. The lowest BCUT2D eigenvalue weighted by Gasteiger charge is -2.38. The van der Waals surface area contributed by atoms with Gasteiger partial charge in [-0.05, 0) is 40.5 Å². The minimum Gasteiger partial charge on any atom is -0.444 e. The van der Waals surface area contributed by atoms with E-state index in [1.165, 1.54) is 0 Å². The fraction of sp³-hybridized carbons (Fsp3) is 0.762. The number of nitrogens with zero attached hydrogens (tertiary/aromatic N) is 4. The molecule has 3 heterocycles. The molecule has 30 heavy (non-hydrogen) atoms. The topological polar surface area (TPSA) is 97.1 Å². The predicted octanol–water partition coefficient (Wildman–Crippen LogP) is 1.76. The summed E-state index contributed by atoms with van der Waals surface area (Å²) in [6.45, 7) is 9.23. The van der Waals surface area contributed by atoms with Crippen molar-refractivity contribution in [2.45, 2.75) is 64.2 Å². The number of carbonyl (C=O) groups is 2. The summed E-state index contributed by atoms with van der Waals surface area (Å²) in [5.41, 5.74) is 0.722. The third-order valence-corrected chi connectivity index (χ3v) is 5.52. The van der Waals surface area contributed by atoms with Gasteiger partial charge < -0.3 is 24.4 Å². The number of aryl methyl sites for hydroxylation is 1. The van der Waals surface area contributed by atoms with Gasteiger partial charge in [-0.1, -0.05) is 0 Å². The number of rotatable bonds is 3. The van der Waals surface area contributed by atoms with Crippen LogP contribution < -0.4 is 0 Å². The van der Waals surface area contributed by atoms with E-state index in [-0.39, 0.29) is 36.7 Å². The summed E-state index contributed by atoms with van der Waals surface area (Å²) in [7, 11) is 1.80. The summed E-state index contributed by atoms with van der Waals surface area (Å²) in [5.74, 6) is -0.141. The lowest BCUT2D eigenvalue weighted by atomic mass is 9.92. The molecule has 9 nitrogen and oxygen atoms in total. The van der Waals surface area contributed by atoms with Crippen molar-refractivity contribution in [1.29, 1.82) is 0 Å². The Morgan fingerprint density at radius 3 is 2.73 bits per heavy atom. The Balaban J connectivity index is 1.79. The lowest BCUT2D eigenvalue weighted by Crippen LogP contribution is -2.52. The second-order valence-electron chi connectivity index (χ2n) is 9.31. The third kappa shape index (κ3) is 5.13. The van der Waals surface area contributed by atoms with E-state index in [4.69, 9.17) is 9.47 Å². The second kappa shape index (κ2) is 8.93. The fourth-order valence-corrected chi connectivity index (χ4v) is 4.03. The Hall–Kier alpha value is -2.13. The maximum absolute atomic E-state index is 13.4. The van der Waals surface area contributed by atoms with Crippen LogP contribution in [0.1, 0.15) is 62.5 Å². The molecular formula is C21H34N4O5. The molecule has 2 aliphatic rings. The molecule has 2 aliphatic heterocycles. The monoisotopic (exact) mass is 422 g/mol. The van der Waals surface area contributed by atoms with E-state index in [0.717, 1.165) is 18.5 Å². The first-order valence-corrected chi connectivity index (χ1v) is 10.6. The maximum atomic E-state index is 13.4. The molecule has 2 amide bonds. The van der Waals surface area contributed by atoms with Crippen LogP contribution in [0.5, 0.6) is 0 Å². The number of aliphatic hydroxyl groups excluding tert-OH is 1. The van der Waals surface area contributed by atoms with Crippen LogP contribution in [-0.4, -0.2) is 87.3 Å². The minimum absolute atomic E-state index is 0.0311. The third-order valence-electron chi connectivity index (χ3n) is 5.52. The normalized spacial score (nSPS) is 25.3. The Bertz CT molecular complexity index is 772. The number of carbonyl (C=O) groups excluding carboxylic acids is 2. The van der Waals surface area contributed by atoms with Gasteiger partial charge in [0.1, 0.15) is 5.60 Å². The largest absolute Gasteiger partial charge is 0.444 e. The van der Waals surface area contributed by atoms with Gasteiger partial charge in [0.2, 0.25) is 0 Å². The van der Waals surface area contributed by atoms with Gasteiger partial charge in [-0.25, -0.2) is 4.79 Å². The molecule has 1 aromatic rings. The number of likely N-dealkylation sites (tertiary alicyclic amines) is 1. The lowest BCUT2D eigenvalue weighted by molar-refractivity contribution is -0.0667. The van der Waals surface area contributed by atoms with Crippen LogP contribution in [-0.2, 0) is 16.5 Å². The highest BCUT2D eigenvalue weighted by Gasteiger charge is 2.35. The van der Waals surface area contributed by atoms with E-state index in [0.29, 0.717) is 31.8 Å². The zero-order chi connectivity index (χ0) is 22.1. The van der Waals surface area contributed by atoms with Gasteiger partial charge in [-0.2, -0.15) is 5.10 Å². The fourth-order valence-electron chi connectivity index (χ4n) is 4.03. The molecule has 0 bridgehead atoms. The van der Waals surface area contributed by atoms with Crippen LogP contribution in [0.4, 0.5) is 4.79 Å². The van der Waals surface area contributed by atoms with Gasteiger partial charge >= 0.3 is 6.09 Å². The van der Waals surface area contributed by atoms with Crippen LogP contribution in [0.3, 0.4) is 0 Å². The van der Waals surface area contributed by atoms with Crippen molar-refractivity contribution >= 4 is 12.0 Å². The summed E-state index contributed by atoms with van der Waals surface area (Å²) in [6, 6.07) is -0.0852. The summed E-state index contributed by atoms with van der Waals surface area (Å²) < 4.78 is 12.7. The van der Waals surface area contributed by atoms with Gasteiger partial charge in [0.05, 0.1) is 36.6 Å². The predicted molar refractivity (Wildman–Crippen MR) is 110 cm³/mol. The van der Waals surface area contributed by atoms with Crippen molar-refractivity contribution in [3.05, 3.63) is 17.5 Å². The average Bonchev–Trinajstić information content (AvgIpc) is 3.08. The van der Waals surface area contributed by atoms with Crippen molar-refractivity contribution in [2.75, 3.05) is 32.8 Å². The van der Waals surface area contributed by atoms with Crippen molar-refractivity contribution < 1.29 is 24.2 Å². The zero-order valence-corrected chi connectivity index (χ0v) is 18.6. The number of aromatic nitrogens is 2. The molecule has 3 rings (SSSR count). The van der Waals surface area contributed by atoms with Crippen LogP contribution in [0.15, 0.2) is 6.20 Å². The molecule has 2 saturated heterocycles. The summed E-state index contributed by atoms with van der Waals surface area (Å²) >= 11 is 0. The van der Waals surface area contributed by atoms with E-state index in [1.807, 2.05) is 27.7 Å². The van der Waals surface area contributed by atoms with Gasteiger partial charge in [0.25, 0.3) is 5.91 Å². The molecule has 3 atom stereocenters. The average molecular weight is 423 g/mol. The molecule has 0 saturated carbocycles. The summed E-state index contributed by atoms with van der Waals surface area (Å²) in [6.07, 6.45) is 2.73. The molecule has 0 radical (unpaired) electrons. The van der Waals surface area contributed by atoms with Crippen LogP contribution >= 0.6 is 0 Å². The SMILES string of the molecule is C[C@@H]1CO[C@H](CO)CN1C(=O)c1cn(C)nc1[C@@H]1CCCN(C(=O)OC(C)(C)C)C1.